The molecule has 124 valence electrons. The van der Waals surface area contributed by atoms with Gasteiger partial charge in [0.2, 0.25) is 0 Å². The molecule has 0 saturated carbocycles. The number of anilines is 2. The second-order valence-corrected chi connectivity index (χ2v) is 5.70. The maximum atomic E-state index is 5.84. The summed E-state index contributed by atoms with van der Waals surface area (Å²) in [6, 6.07) is 13.5. The fourth-order valence-corrected chi connectivity index (χ4v) is 2.59. The highest BCUT2D eigenvalue weighted by atomic mass is 16.5. The van der Waals surface area contributed by atoms with E-state index >= 15 is 0 Å². The van der Waals surface area contributed by atoms with Crippen LogP contribution in [0.3, 0.4) is 0 Å². The van der Waals surface area contributed by atoms with Crippen LogP contribution in [0.4, 0.5) is 11.4 Å². The van der Waals surface area contributed by atoms with Gasteiger partial charge in [0.25, 0.3) is 0 Å². The molecule has 0 fully saturated rings. The zero-order valence-corrected chi connectivity index (χ0v) is 13.5. The standard InChI is InChI=1S/C19H22N4O/c1-13(23-16-4-2-15(21)3-5-16)12-24-17-6-7-19-18(10-17)14(8-9-20)11-22-19/h2-7,10-11,22-23H,1,8-9,12,20-21H2. The van der Waals surface area contributed by atoms with Crippen LogP contribution in [-0.4, -0.2) is 18.1 Å². The Morgan fingerprint density at radius 3 is 2.71 bits per heavy atom. The number of aromatic amines is 1. The van der Waals surface area contributed by atoms with Gasteiger partial charge >= 0.3 is 0 Å². The van der Waals surface area contributed by atoms with Crippen LogP contribution in [0.25, 0.3) is 10.9 Å². The molecule has 6 N–H and O–H groups in total. The summed E-state index contributed by atoms with van der Waals surface area (Å²) >= 11 is 0. The fraction of sp³-hybridized carbons (Fsp3) is 0.158. The summed E-state index contributed by atoms with van der Waals surface area (Å²) in [4.78, 5) is 3.25. The molecule has 1 aromatic heterocycles. The molecule has 0 unspecified atom stereocenters. The second kappa shape index (κ2) is 7.10. The minimum Gasteiger partial charge on any atom is -0.487 e. The van der Waals surface area contributed by atoms with Gasteiger partial charge in [0.15, 0.2) is 0 Å². The van der Waals surface area contributed by atoms with E-state index in [1.165, 1.54) is 5.56 Å². The van der Waals surface area contributed by atoms with Gasteiger partial charge in [-0.2, -0.15) is 0 Å². The summed E-state index contributed by atoms with van der Waals surface area (Å²) < 4.78 is 5.84. The van der Waals surface area contributed by atoms with Crippen molar-refractivity contribution < 1.29 is 4.74 Å². The smallest absolute Gasteiger partial charge is 0.127 e. The van der Waals surface area contributed by atoms with E-state index in [-0.39, 0.29) is 0 Å². The Bertz CT molecular complexity index is 836. The summed E-state index contributed by atoms with van der Waals surface area (Å²) in [6.45, 7) is 5.00. The van der Waals surface area contributed by atoms with E-state index < -0.39 is 0 Å². The van der Waals surface area contributed by atoms with Crippen LogP contribution in [0.1, 0.15) is 5.56 Å². The van der Waals surface area contributed by atoms with E-state index in [1.807, 2.05) is 48.7 Å². The summed E-state index contributed by atoms with van der Waals surface area (Å²) in [5.74, 6) is 0.806. The zero-order valence-electron chi connectivity index (χ0n) is 13.5. The number of hydrogen-bond acceptors (Lipinski definition) is 4. The van der Waals surface area contributed by atoms with Gasteiger partial charge in [-0.3, -0.25) is 0 Å². The van der Waals surface area contributed by atoms with Crippen molar-refractivity contribution in [3.8, 4) is 5.75 Å². The summed E-state index contributed by atoms with van der Waals surface area (Å²) in [7, 11) is 0. The number of nitrogens with one attached hydrogen (secondary N) is 2. The molecule has 0 aliphatic rings. The Kier molecular flexibility index (Phi) is 4.72. The van der Waals surface area contributed by atoms with Crippen LogP contribution < -0.4 is 21.5 Å². The lowest BCUT2D eigenvalue weighted by atomic mass is 10.1. The molecule has 3 aromatic rings. The largest absolute Gasteiger partial charge is 0.487 e. The van der Waals surface area contributed by atoms with Crippen molar-refractivity contribution in [1.82, 2.24) is 4.98 Å². The molecule has 3 rings (SSSR count). The lowest BCUT2D eigenvalue weighted by Crippen LogP contribution is -2.08. The van der Waals surface area contributed by atoms with Crippen LogP contribution in [0, 0.1) is 0 Å². The maximum absolute atomic E-state index is 5.84. The molecular weight excluding hydrogens is 300 g/mol. The third-order valence-corrected chi connectivity index (χ3v) is 3.80. The highest BCUT2D eigenvalue weighted by Crippen LogP contribution is 2.24. The van der Waals surface area contributed by atoms with Crippen LogP contribution in [0.2, 0.25) is 0 Å². The molecule has 2 aromatic carbocycles. The lowest BCUT2D eigenvalue weighted by Gasteiger charge is -2.12. The second-order valence-electron chi connectivity index (χ2n) is 5.70. The quantitative estimate of drug-likeness (QED) is 0.503. The van der Waals surface area contributed by atoms with Crippen molar-refractivity contribution in [1.29, 1.82) is 0 Å². The van der Waals surface area contributed by atoms with Crippen LogP contribution >= 0.6 is 0 Å². The fourth-order valence-electron chi connectivity index (χ4n) is 2.59. The van der Waals surface area contributed by atoms with Gasteiger partial charge in [-0.15, -0.1) is 0 Å². The van der Waals surface area contributed by atoms with Crippen LogP contribution in [0.5, 0.6) is 5.75 Å². The Morgan fingerprint density at radius 1 is 1.17 bits per heavy atom. The monoisotopic (exact) mass is 322 g/mol. The minimum absolute atomic E-state index is 0.381. The first-order valence-corrected chi connectivity index (χ1v) is 7.89. The molecule has 0 atom stereocenters. The van der Waals surface area contributed by atoms with Gasteiger partial charge in [0, 0.05) is 34.2 Å². The predicted octanol–water partition coefficient (Wildman–Crippen LogP) is 3.26. The van der Waals surface area contributed by atoms with E-state index in [1.54, 1.807) is 0 Å². The Labute approximate surface area is 141 Å². The Balaban J connectivity index is 1.63. The van der Waals surface area contributed by atoms with Crippen molar-refractivity contribution >= 4 is 22.3 Å². The first kappa shape index (κ1) is 16.0. The van der Waals surface area contributed by atoms with Crippen LogP contribution in [-0.2, 0) is 6.42 Å². The number of benzene rings is 2. The minimum atomic E-state index is 0.381. The molecule has 0 spiro atoms. The number of nitrogen functional groups attached to an aromatic ring is 1. The lowest BCUT2D eigenvalue weighted by molar-refractivity contribution is 0.354. The molecule has 5 heteroatoms. The summed E-state index contributed by atoms with van der Waals surface area (Å²) in [5.41, 5.74) is 16.1. The van der Waals surface area contributed by atoms with Crippen molar-refractivity contribution in [2.24, 2.45) is 5.73 Å². The Morgan fingerprint density at radius 2 is 1.96 bits per heavy atom. The summed E-state index contributed by atoms with van der Waals surface area (Å²) in [6.07, 6.45) is 2.84. The third kappa shape index (κ3) is 3.70. The van der Waals surface area contributed by atoms with Gasteiger partial charge in [0.1, 0.15) is 12.4 Å². The number of hydrogen-bond donors (Lipinski definition) is 4. The topological polar surface area (TPSA) is 89.1 Å². The highest BCUT2D eigenvalue weighted by Gasteiger charge is 2.05. The average molecular weight is 322 g/mol. The van der Waals surface area contributed by atoms with E-state index in [4.69, 9.17) is 16.2 Å². The van der Waals surface area contributed by atoms with Gasteiger partial charge in [0.05, 0.1) is 0 Å². The van der Waals surface area contributed by atoms with Crippen molar-refractivity contribution in [2.45, 2.75) is 6.42 Å². The number of aromatic nitrogens is 1. The first-order chi connectivity index (χ1) is 11.7. The van der Waals surface area contributed by atoms with Crippen molar-refractivity contribution in [2.75, 3.05) is 24.2 Å². The number of nitrogens with two attached hydrogens (primary N) is 2. The first-order valence-electron chi connectivity index (χ1n) is 7.89. The molecule has 0 aliphatic heterocycles. The number of H-pyrrole nitrogens is 1. The normalized spacial score (nSPS) is 10.7. The van der Waals surface area contributed by atoms with E-state index in [2.05, 4.69) is 16.9 Å². The zero-order chi connectivity index (χ0) is 16.9. The van der Waals surface area contributed by atoms with E-state index in [0.29, 0.717) is 13.2 Å². The molecule has 24 heavy (non-hydrogen) atoms. The number of rotatable bonds is 7. The van der Waals surface area contributed by atoms with Gasteiger partial charge in [-0.1, -0.05) is 6.58 Å². The molecule has 0 amide bonds. The average Bonchev–Trinajstić information content (AvgIpc) is 2.98. The van der Waals surface area contributed by atoms with E-state index in [0.717, 1.165) is 40.1 Å². The van der Waals surface area contributed by atoms with Gasteiger partial charge < -0.3 is 26.5 Å². The molecule has 0 aliphatic carbocycles. The van der Waals surface area contributed by atoms with Crippen molar-refractivity contribution in [3.63, 3.8) is 0 Å². The van der Waals surface area contributed by atoms with Gasteiger partial charge in [-0.25, -0.2) is 0 Å². The number of ether oxygens (including phenoxy) is 1. The molecule has 5 nitrogen and oxygen atoms in total. The summed E-state index contributed by atoms with van der Waals surface area (Å²) in [5, 5.41) is 4.35. The molecule has 1 heterocycles. The molecular formula is C19H22N4O. The molecule has 0 saturated heterocycles. The van der Waals surface area contributed by atoms with Crippen LogP contribution in [0.15, 0.2) is 60.9 Å². The third-order valence-electron chi connectivity index (χ3n) is 3.80. The van der Waals surface area contributed by atoms with E-state index in [9.17, 15) is 0 Å². The maximum Gasteiger partial charge on any atom is 0.127 e. The Hall–Kier alpha value is -2.92. The number of fused-ring (bicyclic) bond motifs is 1. The molecule has 0 bridgehead atoms. The SMILES string of the molecule is C=C(COc1ccc2[nH]cc(CCN)c2c1)Nc1ccc(N)cc1. The van der Waals surface area contributed by atoms with Gasteiger partial charge in [-0.05, 0) is 61.0 Å². The molecule has 0 radical (unpaired) electrons. The highest BCUT2D eigenvalue weighted by molar-refractivity contribution is 5.84. The predicted molar refractivity (Wildman–Crippen MR) is 100 cm³/mol. The van der Waals surface area contributed by atoms with Crippen molar-refractivity contribution in [3.05, 3.63) is 66.5 Å².